The number of nitrogens with one attached hydrogen (secondary N) is 20. The first-order valence-electron chi connectivity index (χ1n) is 46.9. The summed E-state index contributed by atoms with van der Waals surface area (Å²) in [5, 5.41) is 100. The fraction of sp³-hybridized carbons (Fsp3) is 0.674. The number of rotatable bonds is 66. The average Bonchev–Trinajstić information content (AvgIpc) is 1.65. The maximum Gasteiger partial charge on any atom is 0.328 e. The maximum atomic E-state index is 14.6. The van der Waals surface area contributed by atoms with Crippen LogP contribution < -0.4 is 119 Å². The second kappa shape index (κ2) is 64.1. The van der Waals surface area contributed by atoms with Crippen LogP contribution in [0, 0.1) is 23.2 Å². The van der Waals surface area contributed by atoms with Crippen molar-refractivity contribution in [2.24, 2.45) is 40.7 Å². The Morgan fingerprint density at radius 3 is 1.31 bits per heavy atom. The number of primary amides is 2. The fourth-order valence-corrected chi connectivity index (χ4v) is 16.2. The zero-order valence-electron chi connectivity index (χ0n) is 82.8. The lowest BCUT2D eigenvalue weighted by atomic mass is 9.97. The molecule has 0 aromatic carbocycles. The van der Waals surface area contributed by atoms with Crippen molar-refractivity contribution in [1.29, 1.82) is 5.41 Å². The largest absolute Gasteiger partial charge is 0.481 e. The summed E-state index contributed by atoms with van der Waals surface area (Å²) < 4.78 is 0. The number of nitrogens with two attached hydrogens (primary N) is 4. The zero-order chi connectivity index (χ0) is 110. The van der Waals surface area contributed by atoms with E-state index in [4.69, 9.17) is 28.3 Å². The Hall–Kier alpha value is -13.0. The Labute approximate surface area is 860 Å². The molecule has 21 atom stereocenters. The van der Waals surface area contributed by atoms with Crippen molar-refractivity contribution in [2.45, 2.75) is 280 Å². The second-order valence-corrected chi connectivity index (χ2v) is 38.2. The number of carboxylic acids is 3. The second-order valence-electron chi connectivity index (χ2n) is 35.5. The quantitative estimate of drug-likeness (QED) is 0.0125. The molecule has 146 heavy (non-hydrogen) atoms. The lowest BCUT2D eigenvalue weighted by molar-refractivity contribution is -0.144. The van der Waals surface area contributed by atoms with Crippen molar-refractivity contribution in [3.05, 3.63) is 18.2 Å². The van der Waals surface area contributed by atoms with Gasteiger partial charge in [0.05, 0.1) is 50.9 Å². The minimum absolute atomic E-state index is 0.0100. The predicted octanol–water partition coefficient (Wildman–Crippen LogP) is -11.3. The van der Waals surface area contributed by atoms with E-state index in [2.05, 4.69) is 120 Å². The molecule has 0 aliphatic carbocycles. The summed E-state index contributed by atoms with van der Waals surface area (Å²) in [4.78, 5) is 335. The number of aliphatic carboxylic acids is 3. The van der Waals surface area contributed by atoms with E-state index in [0.29, 0.717) is 0 Å². The highest BCUT2D eigenvalue weighted by Crippen LogP contribution is 2.24. The molecule has 1 aromatic rings. The van der Waals surface area contributed by atoms with Crippen LogP contribution in [0.25, 0.3) is 0 Å². The molecule has 0 radical (unpaired) electrons. The maximum absolute atomic E-state index is 14.6. The minimum atomic E-state index is -2.07. The van der Waals surface area contributed by atoms with Gasteiger partial charge in [0.2, 0.25) is 124 Å². The van der Waals surface area contributed by atoms with Gasteiger partial charge in [-0.25, -0.2) is 9.78 Å². The number of imidazole rings is 1. The topological polar surface area (TPSA) is 890 Å². The van der Waals surface area contributed by atoms with E-state index in [1.165, 1.54) is 70.7 Å². The van der Waals surface area contributed by atoms with Crippen LogP contribution in [0.3, 0.4) is 0 Å². The van der Waals surface area contributed by atoms with Crippen LogP contribution >= 0.6 is 48.8 Å². The molecule has 2 aliphatic rings. The van der Waals surface area contributed by atoms with Crippen molar-refractivity contribution in [1.82, 2.24) is 115 Å². The van der Waals surface area contributed by atoms with Crippen LogP contribution in [0.4, 0.5) is 0 Å². The number of hydrogen-bond donors (Lipinski definition) is 31. The third-order valence-corrected chi connectivity index (χ3v) is 25.1. The molecule has 3 heterocycles. The summed E-state index contributed by atoms with van der Waals surface area (Å²) in [5.41, 5.74) is 21.9. The first-order valence-corrected chi connectivity index (χ1v) is 50.9. The van der Waals surface area contributed by atoms with Gasteiger partial charge in [-0.05, 0) is 120 Å². The molecule has 2 saturated heterocycles. The van der Waals surface area contributed by atoms with Crippen LogP contribution in [0.15, 0.2) is 12.5 Å². The Morgan fingerprint density at radius 2 is 0.870 bits per heavy atom. The number of aliphatic hydroxyl groups is 2. The van der Waals surface area contributed by atoms with Gasteiger partial charge in [0.25, 0.3) is 0 Å². The number of carboxylic acid groups (broad SMARTS) is 3. The van der Waals surface area contributed by atoms with Crippen LogP contribution in [0.1, 0.15) is 158 Å². The number of thioether (sulfide) groups is 2. The Morgan fingerprint density at radius 1 is 0.466 bits per heavy atom. The standard InChI is InChI=1S/C86H141N27O29S4/c1-12-40(6)65(110-72(128)48(22-27-146-11)99-75(131)52(31-62(121)122)102-68(124)42(8)96-67(123)41(7)87)82(138)101-47(21-26-145-10)71(127)103-49(28-44-32-92-37-95-44)76(132)111-66(43(9)115)84(140)112-24-14-17-56(112)79(135)94-33-60(118)97-54(35-143)77(133)109-64(39(4)5)83(139)113-25-15-18-57(113)80(136)107-55(36-144)78(134)108-63(38(2)3)81(137)100-45(16-13-23-93-86(90)91)69(125)98-46(19-20-61(119)120)70(126)104-50(29-58(88)116)73(129)105-51(30-59(89)117)74(130)106-53(34-114)85(141)142/h32,37-43,45-57,63-66,114-115,143-144H,12-31,33-36,87H2,1-11H3,(H2,88,116)(H2,89,117)(H,92,95)(H,94,135)(H,96,123)(H,97,118)(H,98,125)(H,99,131)(H,100,137)(H,101,138)(H,102,124)(H,103,127)(H,104,126)(H,105,129)(H,106,130)(H,107,136)(H,108,134)(H,109,133)(H,110,128)(H,111,132)(H,119,120)(H,121,122)(H,141,142)(H4,90,91,93)/t40-,41-,42-,43+,45-,46-,47-,48-,49-,50-,51-,52-,53-,54-,55-,56-,57-,63-,64-,65-,66-/m0/s1. The lowest BCUT2D eigenvalue weighted by Crippen LogP contribution is -2.62. The predicted molar refractivity (Wildman–Crippen MR) is 530 cm³/mol. The molecule has 1 aromatic heterocycles. The number of nitrogens with zero attached hydrogens (tertiary/aromatic N) is 3. The van der Waals surface area contributed by atoms with Gasteiger partial charge in [0, 0.05) is 55.9 Å². The normalized spacial score (nSPS) is 17.2. The Balaban J connectivity index is 1.80. The van der Waals surface area contributed by atoms with Gasteiger partial charge in [-0.2, -0.15) is 48.8 Å². The van der Waals surface area contributed by atoms with Crippen molar-refractivity contribution < 1.29 is 141 Å². The highest BCUT2D eigenvalue weighted by molar-refractivity contribution is 7.98. The first kappa shape index (κ1) is 127. The number of carbonyl (C=O) groups excluding carboxylic acids is 21. The molecule has 818 valence electrons. The molecular formula is C86H141N27O29S4. The number of thiol groups is 2. The summed E-state index contributed by atoms with van der Waals surface area (Å²) in [6, 6.07) is -30.0. The van der Waals surface area contributed by atoms with Crippen molar-refractivity contribution in [2.75, 3.05) is 68.3 Å². The number of hydrogen-bond acceptors (Lipinski definition) is 33. The molecular weight excluding hydrogens is 2000 g/mol. The van der Waals surface area contributed by atoms with Crippen LogP contribution in [-0.4, -0.2) is 382 Å². The van der Waals surface area contributed by atoms with Crippen LogP contribution in [0.5, 0.6) is 0 Å². The fourth-order valence-electron chi connectivity index (χ4n) is 14.7. The molecule has 3 rings (SSSR count). The van der Waals surface area contributed by atoms with E-state index in [1.54, 1.807) is 40.2 Å². The highest BCUT2D eigenvalue weighted by atomic mass is 32.2. The average molecular weight is 2150 g/mol. The molecule has 0 spiro atoms. The molecule has 2 aliphatic heterocycles. The van der Waals surface area contributed by atoms with Gasteiger partial charge >= 0.3 is 17.9 Å². The van der Waals surface area contributed by atoms with Crippen molar-refractivity contribution >= 4 is 197 Å². The van der Waals surface area contributed by atoms with E-state index < -0.39 is 343 Å². The lowest BCUT2D eigenvalue weighted by Gasteiger charge is -2.32. The number of amides is 21. The van der Waals surface area contributed by atoms with E-state index in [1.807, 2.05) is 10.6 Å². The van der Waals surface area contributed by atoms with E-state index in [9.17, 15) is 141 Å². The van der Waals surface area contributed by atoms with Crippen molar-refractivity contribution in [3.8, 4) is 0 Å². The van der Waals surface area contributed by atoms with Gasteiger partial charge in [-0.1, -0.05) is 48.0 Å². The van der Waals surface area contributed by atoms with Gasteiger partial charge in [0.1, 0.15) is 109 Å². The molecule has 33 N–H and O–H groups in total. The SMILES string of the molecule is CC[C@H](C)[C@H](NC(=O)[C@H](CCSC)NC(=O)[C@H](CC(=O)O)NC(=O)[C@H](C)NC(=O)[C@H](C)N)C(=O)N[C@@H](CCSC)C(=O)N[C@@H](Cc1cnc[nH]1)C(=O)N[C@H](C(=O)N1CCC[C@H]1C(=O)NCC(=O)N[C@@H](CS)C(=O)N[C@H](C(=O)N1CCC[C@H]1C(=O)N[C@@H](CS)C(=O)N[C@H](C(=O)N[C@@H](CCCNC(=N)N)C(=O)N[C@@H](CCC(=O)O)C(=O)N[C@@H](CC(N)=O)C(=O)N[C@@H](CC(N)=O)C(=O)N[C@@H](CO)C(=O)O)C(C)C)C(C)C)[C@@H](C)O. The van der Waals surface area contributed by atoms with E-state index in [0.717, 1.165) is 9.80 Å². The van der Waals surface area contributed by atoms with Gasteiger partial charge in [-0.15, -0.1) is 0 Å². The smallest absolute Gasteiger partial charge is 0.328 e. The minimum Gasteiger partial charge on any atom is -0.481 e. The number of carbonyl (C=O) groups is 24. The summed E-state index contributed by atoms with van der Waals surface area (Å²) in [6.07, 6.45) is -0.371. The van der Waals surface area contributed by atoms with Gasteiger partial charge < -0.3 is 159 Å². The third-order valence-electron chi connectivity index (χ3n) is 23.1. The van der Waals surface area contributed by atoms with E-state index >= 15 is 0 Å². The molecule has 56 nitrogen and oxygen atoms in total. The summed E-state index contributed by atoms with van der Waals surface area (Å²) in [7, 11) is 0. The Bertz CT molecular complexity index is 4740. The molecule has 2 fully saturated rings. The first-order chi connectivity index (χ1) is 68.6. The third kappa shape index (κ3) is 43.0. The highest BCUT2D eigenvalue weighted by Gasteiger charge is 2.46. The van der Waals surface area contributed by atoms with Crippen LogP contribution in [-0.2, 0) is 121 Å². The summed E-state index contributed by atoms with van der Waals surface area (Å²) in [5.74, 6) is -29.6. The van der Waals surface area contributed by atoms with Crippen molar-refractivity contribution in [3.63, 3.8) is 0 Å². The Kier molecular flexibility index (Phi) is 55.9. The van der Waals surface area contributed by atoms with Gasteiger partial charge in [0.15, 0.2) is 5.96 Å². The zero-order valence-corrected chi connectivity index (χ0v) is 86.2. The summed E-state index contributed by atoms with van der Waals surface area (Å²) in [6.45, 7) is 11.0. The van der Waals surface area contributed by atoms with E-state index in [-0.39, 0.29) is 101 Å². The molecule has 21 amide bonds. The number of guanidine groups is 1. The number of likely N-dealkylation sites (tertiary alicyclic amines) is 2. The number of aromatic amines is 1. The number of aromatic nitrogens is 2. The van der Waals surface area contributed by atoms with Crippen LogP contribution in [0.2, 0.25) is 0 Å². The summed E-state index contributed by atoms with van der Waals surface area (Å²) >= 11 is 11.1. The molecule has 0 unspecified atom stereocenters. The number of aliphatic hydroxyl groups excluding tert-OH is 2. The monoisotopic (exact) mass is 2140 g/mol. The molecule has 0 saturated carbocycles. The molecule has 0 bridgehead atoms. The molecule has 60 heteroatoms. The number of H-pyrrole nitrogens is 1. The van der Waals surface area contributed by atoms with Gasteiger partial charge in [-0.3, -0.25) is 116 Å².